The first-order chi connectivity index (χ1) is 8.70. The van der Waals surface area contributed by atoms with Gasteiger partial charge in [-0.25, -0.2) is 4.79 Å². The van der Waals surface area contributed by atoms with Crippen molar-refractivity contribution in [3.8, 4) is 17.6 Å². The lowest BCUT2D eigenvalue weighted by molar-refractivity contribution is -0.132. The number of fused-ring (bicyclic) bond motifs is 1. The number of carboxylic acid groups (broad SMARTS) is 1. The van der Waals surface area contributed by atoms with Gasteiger partial charge in [0.15, 0.2) is 11.5 Å². The Kier molecular flexibility index (Phi) is 3.30. The van der Waals surface area contributed by atoms with Gasteiger partial charge in [0.1, 0.15) is 11.6 Å². The van der Waals surface area contributed by atoms with Crippen molar-refractivity contribution < 1.29 is 19.4 Å². The molecule has 0 unspecified atom stereocenters. The summed E-state index contributed by atoms with van der Waals surface area (Å²) in [7, 11) is 0. The number of carboxylic acids is 1. The number of benzene rings is 1. The van der Waals surface area contributed by atoms with Crippen molar-refractivity contribution >= 4 is 12.0 Å². The third-order valence-electron chi connectivity index (χ3n) is 2.30. The van der Waals surface area contributed by atoms with Gasteiger partial charge < -0.3 is 14.6 Å². The van der Waals surface area contributed by atoms with E-state index in [9.17, 15) is 4.79 Å². The first-order valence-corrected chi connectivity index (χ1v) is 5.12. The summed E-state index contributed by atoms with van der Waals surface area (Å²) < 4.78 is 10.4. The summed E-state index contributed by atoms with van der Waals surface area (Å²) in [5.41, 5.74) is 0.519. The van der Waals surface area contributed by atoms with Crippen LogP contribution in [0.4, 0.5) is 0 Å². The molecule has 0 saturated heterocycles. The third-order valence-corrected chi connectivity index (χ3v) is 2.30. The van der Waals surface area contributed by atoms with Crippen LogP contribution in [0.2, 0.25) is 0 Å². The molecule has 0 fully saturated rings. The largest absolute Gasteiger partial charge is 0.477 e. The highest BCUT2D eigenvalue weighted by Crippen LogP contribution is 2.32. The molecule has 0 aliphatic carbocycles. The summed E-state index contributed by atoms with van der Waals surface area (Å²) in [6.07, 6.45) is 4.43. The zero-order chi connectivity index (χ0) is 13.0. The van der Waals surface area contributed by atoms with Gasteiger partial charge >= 0.3 is 5.97 Å². The molecule has 1 aliphatic rings. The van der Waals surface area contributed by atoms with E-state index in [0.29, 0.717) is 11.5 Å². The van der Waals surface area contributed by atoms with E-state index in [4.69, 9.17) is 19.8 Å². The van der Waals surface area contributed by atoms with Crippen LogP contribution in [0.15, 0.2) is 35.9 Å². The monoisotopic (exact) mass is 243 g/mol. The van der Waals surface area contributed by atoms with E-state index >= 15 is 0 Å². The highest BCUT2D eigenvalue weighted by Gasteiger charge is 2.12. The van der Waals surface area contributed by atoms with E-state index in [1.807, 2.05) is 6.07 Å². The molecule has 1 heterocycles. The first-order valence-electron chi connectivity index (χ1n) is 5.12. The lowest BCUT2D eigenvalue weighted by atomic mass is 10.1. The van der Waals surface area contributed by atoms with Crippen LogP contribution in [-0.4, -0.2) is 17.9 Å². The maximum atomic E-state index is 10.6. The average molecular weight is 243 g/mol. The van der Waals surface area contributed by atoms with Crippen LogP contribution in [0, 0.1) is 11.3 Å². The number of hydrogen-bond acceptors (Lipinski definition) is 4. The fraction of sp³-hybridized carbons (Fsp3) is 0.0769. The molecule has 2 rings (SSSR count). The normalized spacial score (nSPS) is 13.6. The van der Waals surface area contributed by atoms with E-state index in [1.54, 1.807) is 24.3 Å². The Hall–Kier alpha value is -2.74. The quantitative estimate of drug-likeness (QED) is 0.498. The van der Waals surface area contributed by atoms with Gasteiger partial charge in [0, 0.05) is 0 Å². The summed E-state index contributed by atoms with van der Waals surface area (Å²) in [6.45, 7) is 0.208. The molecular formula is C13H9NO4. The van der Waals surface area contributed by atoms with Crippen molar-refractivity contribution in [3.05, 3.63) is 41.5 Å². The molecule has 0 bridgehead atoms. The zero-order valence-corrected chi connectivity index (χ0v) is 9.29. The standard InChI is InChI=1S/C13H9NO4/c14-7-10(13(15)16)3-1-2-9-4-5-11-12(6-9)18-8-17-11/h1-6H,8H2,(H,15,16). The molecule has 0 saturated carbocycles. The molecule has 1 aromatic rings. The predicted octanol–water partition coefficient (Wildman–Crippen LogP) is 1.96. The lowest BCUT2D eigenvalue weighted by Crippen LogP contribution is -1.96. The minimum Gasteiger partial charge on any atom is -0.477 e. The highest BCUT2D eigenvalue weighted by atomic mass is 16.7. The van der Waals surface area contributed by atoms with E-state index < -0.39 is 5.97 Å². The van der Waals surface area contributed by atoms with Crippen molar-refractivity contribution in [3.63, 3.8) is 0 Å². The second-order valence-corrected chi connectivity index (χ2v) is 3.47. The van der Waals surface area contributed by atoms with Gasteiger partial charge in [0.2, 0.25) is 6.79 Å². The van der Waals surface area contributed by atoms with Gasteiger partial charge in [-0.1, -0.05) is 18.2 Å². The molecule has 0 radical (unpaired) electrons. The molecule has 1 aliphatic heterocycles. The summed E-state index contributed by atoms with van der Waals surface area (Å²) in [4.78, 5) is 10.6. The molecule has 0 atom stereocenters. The van der Waals surface area contributed by atoms with Gasteiger partial charge in [-0.05, 0) is 23.8 Å². The number of hydrogen-bond donors (Lipinski definition) is 1. The van der Waals surface area contributed by atoms with Crippen molar-refractivity contribution in [2.45, 2.75) is 0 Å². The first kappa shape index (κ1) is 11.7. The number of aliphatic carboxylic acids is 1. The van der Waals surface area contributed by atoms with Gasteiger partial charge in [-0.3, -0.25) is 0 Å². The molecule has 0 aromatic heterocycles. The SMILES string of the molecule is N#CC(=CC=Cc1ccc2c(c1)OCO2)C(=O)O. The Morgan fingerprint density at radius 3 is 2.89 bits per heavy atom. The number of ether oxygens (including phenoxy) is 2. The fourth-order valence-electron chi connectivity index (χ4n) is 1.43. The lowest BCUT2D eigenvalue weighted by Gasteiger charge is -1.96. The van der Waals surface area contributed by atoms with Crippen LogP contribution in [0.25, 0.3) is 6.08 Å². The minimum atomic E-state index is -1.24. The van der Waals surface area contributed by atoms with Crippen molar-refractivity contribution in [1.82, 2.24) is 0 Å². The smallest absolute Gasteiger partial charge is 0.346 e. The maximum absolute atomic E-state index is 10.6. The predicted molar refractivity (Wildman–Crippen MR) is 62.9 cm³/mol. The fourth-order valence-corrected chi connectivity index (χ4v) is 1.43. The summed E-state index contributed by atoms with van der Waals surface area (Å²) in [5.74, 6) is 0.0960. The number of rotatable bonds is 3. The summed E-state index contributed by atoms with van der Waals surface area (Å²) >= 11 is 0. The Balaban J connectivity index is 2.15. The molecule has 5 heteroatoms. The topological polar surface area (TPSA) is 79.5 Å². The Labute approximate surface area is 103 Å². The van der Waals surface area contributed by atoms with Crippen LogP contribution in [0.3, 0.4) is 0 Å². The molecular weight excluding hydrogens is 234 g/mol. The molecule has 18 heavy (non-hydrogen) atoms. The number of nitrogens with zero attached hydrogens (tertiary/aromatic N) is 1. The third kappa shape index (κ3) is 2.50. The molecule has 0 spiro atoms. The van der Waals surface area contributed by atoms with Crippen LogP contribution < -0.4 is 9.47 Å². The average Bonchev–Trinajstić information content (AvgIpc) is 2.81. The van der Waals surface area contributed by atoms with Crippen molar-refractivity contribution in [2.75, 3.05) is 6.79 Å². The van der Waals surface area contributed by atoms with Crippen LogP contribution in [0.5, 0.6) is 11.5 Å². The second kappa shape index (κ2) is 5.06. The Bertz CT molecular complexity index is 581. The number of allylic oxidation sites excluding steroid dienone is 2. The van der Waals surface area contributed by atoms with E-state index in [-0.39, 0.29) is 12.4 Å². The van der Waals surface area contributed by atoms with E-state index in [1.165, 1.54) is 12.2 Å². The van der Waals surface area contributed by atoms with Gasteiger partial charge in [0.25, 0.3) is 0 Å². The Morgan fingerprint density at radius 2 is 2.17 bits per heavy atom. The maximum Gasteiger partial charge on any atom is 0.346 e. The van der Waals surface area contributed by atoms with Crippen molar-refractivity contribution in [2.24, 2.45) is 0 Å². The number of nitriles is 1. The molecule has 0 amide bonds. The van der Waals surface area contributed by atoms with Crippen LogP contribution in [-0.2, 0) is 4.79 Å². The molecule has 90 valence electrons. The van der Waals surface area contributed by atoms with Crippen LogP contribution in [0.1, 0.15) is 5.56 Å². The van der Waals surface area contributed by atoms with E-state index in [2.05, 4.69) is 0 Å². The zero-order valence-electron chi connectivity index (χ0n) is 9.29. The van der Waals surface area contributed by atoms with Gasteiger partial charge in [0.05, 0.1) is 0 Å². The van der Waals surface area contributed by atoms with E-state index in [0.717, 1.165) is 5.56 Å². The molecule has 5 nitrogen and oxygen atoms in total. The highest BCUT2D eigenvalue weighted by molar-refractivity contribution is 5.91. The molecule has 1 N–H and O–H groups in total. The number of carbonyl (C=O) groups is 1. The van der Waals surface area contributed by atoms with Gasteiger partial charge in [-0.15, -0.1) is 0 Å². The minimum absolute atomic E-state index is 0.208. The van der Waals surface area contributed by atoms with Gasteiger partial charge in [-0.2, -0.15) is 5.26 Å². The molecule has 1 aromatic carbocycles. The summed E-state index contributed by atoms with van der Waals surface area (Å²) in [6, 6.07) is 6.95. The van der Waals surface area contributed by atoms with Crippen LogP contribution >= 0.6 is 0 Å². The Morgan fingerprint density at radius 1 is 1.39 bits per heavy atom. The van der Waals surface area contributed by atoms with Crippen molar-refractivity contribution in [1.29, 1.82) is 5.26 Å². The second-order valence-electron chi connectivity index (χ2n) is 3.47. The summed E-state index contributed by atoms with van der Waals surface area (Å²) in [5, 5.41) is 17.2.